The van der Waals surface area contributed by atoms with E-state index >= 15 is 0 Å². The molecule has 2 nitrogen and oxygen atoms in total. The monoisotopic (exact) mass is 328 g/mol. The molecule has 0 saturated carbocycles. The number of nitrogens with two attached hydrogens (primary N) is 1. The summed E-state index contributed by atoms with van der Waals surface area (Å²) in [6, 6.07) is 0.277. The second-order valence-corrected chi connectivity index (χ2v) is 6.70. The van der Waals surface area contributed by atoms with E-state index < -0.39 is 0 Å². The van der Waals surface area contributed by atoms with Crippen molar-refractivity contribution in [3.05, 3.63) is 20.3 Å². The molecule has 2 unspecified atom stereocenters. The predicted molar refractivity (Wildman–Crippen MR) is 83.2 cm³/mol. The van der Waals surface area contributed by atoms with E-state index in [0.29, 0.717) is 10.3 Å². The van der Waals surface area contributed by atoms with Gasteiger partial charge in [0.15, 0.2) is 0 Å². The van der Waals surface area contributed by atoms with Crippen LogP contribution in [0.2, 0.25) is 9.36 Å². The zero-order valence-corrected chi connectivity index (χ0v) is 13.5. The van der Waals surface area contributed by atoms with Gasteiger partial charge in [-0.3, -0.25) is 4.90 Å². The first-order valence-electron chi connectivity index (χ1n) is 5.97. The number of nitrogens with zero attached hydrogens (tertiary/aromatic N) is 1. The lowest BCUT2D eigenvalue weighted by molar-refractivity contribution is 0.154. The van der Waals surface area contributed by atoms with E-state index in [1.807, 2.05) is 0 Å². The van der Waals surface area contributed by atoms with Gasteiger partial charge in [0.1, 0.15) is 4.34 Å². The van der Waals surface area contributed by atoms with Crippen LogP contribution in [0.3, 0.4) is 0 Å². The average molecular weight is 330 g/mol. The first kappa shape index (κ1) is 16.5. The molecule has 2 rings (SSSR count). The highest BCUT2D eigenvalue weighted by Gasteiger charge is 2.23. The zero-order valence-electron chi connectivity index (χ0n) is 10.4. The number of hydrogen-bond donors (Lipinski definition) is 1. The summed E-state index contributed by atoms with van der Waals surface area (Å²) in [6.07, 6.45) is 2.47. The molecule has 0 amide bonds. The summed E-state index contributed by atoms with van der Waals surface area (Å²) in [7, 11) is 0. The minimum Gasteiger partial charge on any atom is -0.328 e. The molecule has 1 aromatic heterocycles. The SMILES string of the molecule is CC(N)C1CCCN(Cc2csc(Cl)c2Cl)C1.Cl. The Morgan fingerprint density at radius 2 is 2.28 bits per heavy atom. The predicted octanol–water partition coefficient (Wildman–Crippen LogP) is 4.04. The Labute approximate surface area is 129 Å². The summed E-state index contributed by atoms with van der Waals surface area (Å²) < 4.78 is 0.697. The molecule has 6 heteroatoms. The molecule has 1 aliphatic heterocycles. The van der Waals surface area contributed by atoms with E-state index in [4.69, 9.17) is 28.9 Å². The molecular formula is C12H19Cl3N2S. The van der Waals surface area contributed by atoms with Crippen LogP contribution in [0.25, 0.3) is 0 Å². The molecule has 0 aromatic carbocycles. The van der Waals surface area contributed by atoms with Gasteiger partial charge in [0.2, 0.25) is 0 Å². The molecule has 0 bridgehead atoms. The Morgan fingerprint density at radius 3 is 2.83 bits per heavy atom. The second kappa shape index (κ2) is 7.32. The highest BCUT2D eigenvalue weighted by Crippen LogP contribution is 2.33. The molecular weight excluding hydrogens is 311 g/mol. The third-order valence-electron chi connectivity index (χ3n) is 3.44. The summed E-state index contributed by atoms with van der Waals surface area (Å²) in [5.41, 5.74) is 7.13. The van der Waals surface area contributed by atoms with E-state index in [2.05, 4.69) is 17.2 Å². The van der Waals surface area contributed by atoms with Crippen LogP contribution in [0.4, 0.5) is 0 Å². The Kier molecular flexibility index (Phi) is 6.73. The fourth-order valence-corrected chi connectivity index (χ4v) is 3.60. The van der Waals surface area contributed by atoms with Gasteiger partial charge in [0.25, 0.3) is 0 Å². The lowest BCUT2D eigenvalue weighted by atomic mass is 9.92. The number of thiophene rings is 1. The molecule has 2 heterocycles. The Balaban J connectivity index is 0.00000162. The van der Waals surface area contributed by atoms with Gasteiger partial charge < -0.3 is 5.73 Å². The summed E-state index contributed by atoms with van der Waals surface area (Å²) in [5.74, 6) is 0.608. The van der Waals surface area contributed by atoms with Gasteiger partial charge in [0, 0.05) is 19.1 Å². The number of piperidine rings is 1. The number of likely N-dealkylation sites (tertiary alicyclic amines) is 1. The highest BCUT2D eigenvalue weighted by atomic mass is 35.5. The fraction of sp³-hybridized carbons (Fsp3) is 0.667. The van der Waals surface area contributed by atoms with E-state index in [0.717, 1.165) is 30.2 Å². The van der Waals surface area contributed by atoms with Crippen LogP contribution in [-0.4, -0.2) is 24.0 Å². The Bertz CT molecular complexity index is 381. The van der Waals surface area contributed by atoms with Crippen molar-refractivity contribution >= 4 is 46.9 Å². The standard InChI is InChI=1S/C12H18Cl2N2S.ClH/c1-8(15)9-3-2-4-16(5-9)6-10-7-17-12(14)11(10)13;/h7-9H,2-6,15H2,1H3;1H. The van der Waals surface area contributed by atoms with Gasteiger partial charge in [-0.1, -0.05) is 23.2 Å². The normalized spacial score (nSPS) is 22.6. The summed E-state index contributed by atoms with van der Waals surface area (Å²) in [4.78, 5) is 2.43. The third-order valence-corrected chi connectivity index (χ3v) is 5.35. The van der Waals surface area contributed by atoms with Crippen LogP contribution in [0.5, 0.6) is 0 Å². The molecule has 0 radical (unpaired) electrons. The smallest absolute Gasteiger partial charge is 0.112 e. The van der Waals surface area contributed by atoms with Crippen molar-refractivity contribution in [2.45, 2.75) is 32.4 Å². The number of halogens is 3. The maximum Gasteiger partial charge on any atom is 0.112 e. The van der Waals surface area contributed by atoms with Crippen molar-refractivity contribution in [1.82, 2.24) is 4.90 Å². The average Bonchev–Trinajstić information content (AvgIpc) is 2.61. The molecule has 1 fully saturated rings. The van der Waals surface area contributed by atoms with Crippen LogP contribution in [0.15, 0.2) is 5.38 Å². The molecule has 1 saturated heterocycles. The van der Waals surface area contributed by atoms with Crippen LogP contribution < -0.4 is 5.73 Å². The van der Waals surface area contributed by atoms with Crippen LogP contribution in [0, 0.1) is 5.92 Å². The molecule has 0 aliphatic carbocycles. The van der Waals surface area contributed by atoms with Crippen molar-refractivity contribution in [3.8, 4) is 0 Å². The quantitative estimate of drug-likeness (QED) is 0.907. The zero-order chi connectivity index (χ0) is 12.4. The summed E-state index contributed by atoms with van der Waals surface area (Å²) >= 11 is 13.6. The summed E-state index contributed by atoms with van der Waals surface area (Å²) in [6.45, 7) is 5.20. The van der Waals surface area contributed by atoms with Crippen molar-refractivity contribution in [2.24, 2.45) is 11.7 Å². The Morgan fingerprint density at radius 1 is 1.56 bits per heavy atom. The molecule has 1 aliphatic rings. The van der Waals surface area contributed by atoms with E-state index in [9.17, 15) is 0 Å². The van der Waals surface area contributed by atoms with Gasteiger partial charge in [-0.05, 0) is 43.2 Å². The Hall–Kier alpha value is 0.490. The van der Waals surface area contributed by atoms with Gasteiger partial charge >= 0.3 is 0 Å². The highest BCUT2D eigenvalue weighted by molar-refractivity contribution is 7.15. The van der Waals surface area contributed by atoms with Crippen molar-refractivity contribution in [2.75, 3.05) is 13.1 Å². The first-order valence-corrected chi connectivity index (χ1v) is 7.60. The van der Waals surface area contributed by atoms with Crippen LogP contribution in [0.1, 0.15) is 25.3 Å². The van der Waals surface area contributed by atoms with Crippen molar-refractivity contribution < 1.29 is 0 Å². The van der Waals surface area contributed by atoms with Gasteiger partial charge in [0.05, 0.1) is 5.02 Å². The lowest BCUT2D eigenvalue weighted by Gasteiger charge is -2.34. The van der Waals surface area contributed by atoms with E-state index in [-0.39, 0.29) is 18.4 Å². The molecule has 104 valence electrons. The second-order valence-electron chi connectivity index (χ2n) is 4.85. The maximum atomic E-state index is 6.15. The molecule has 2 atom stereocenters. The van der Waals surface area contributed by atoms with Gasteiger partial charge in [-0.15, -0.1) is 23.7 Å². The van der Waals surface area contributed by atoms with Crippen LogP contribution in [-0.2, 0) is 6.54 Å². The maximum absolute atomic E-state index is 6.15. The largest absolute Gasteiger partial charge is 0.328 e. The third kappa shape index (κ3) is 3.99. The topological polar surface area (TPSA) is 29.3 Å². The van der Waals surface area contributed by atoms with E-state index in [1.165, 1.54) is 24.2 Å². The minimum absolute atomic E-state index is 0. The van der Waals surface area contributed by atoms with Crippen molar-refractivity contribution in [1.29, 1.82) is 0 Å². The number of rotatable bonds is 3. The molecule has 1 aromatic rings. The fourth-order valence-electron chi connectivity index (χ4n) is 2.36. The van der Waals surface area contributed by atoms with Crippen molar-refractivity contribution in [3.63, 3.8) is 0 Å². The van der Waals surface area contributed by atoms with E-state index in [1.54, 1.807) is 0 Å². The lowest BCUT2D eigenvalue weighted by Crippen LogP contribution is -2.41. The molecule has 0 spiro atoms. The summed E-state index contributed by atoms with van der Waals surface area (Å²) in [5, 5.41) is 2.78. The van der Waals surface area contributed by atoms with Crippen LogP contribution >= 0.6 is 46.9 Å². The first-order chi connectivity index (χ1) is 8.08. The number of hydrogen-bond acceptors (Lipinski definition) is 3. The molecule has 2 N–H and O–H groups in total. The van der Waals surface area contributed by atoms with Gasteiger partial charge in [-0.2, -0.15) is 0 Å². The minimum atomic E-state index is 0. The van der Waals surface area contributed by atoms with Gasteiger partial charge in [-0.25, -0.2) is 0 Å². The molecule has 18 heavy (non-hydrogen) atoms.